The van der Waals surface area contributed by atoms with E-state index in [4.69, 9.17) is 9.47 Å². The molecule has 0 bridgehead atoms. The van der Waals surface area contributed by atoms with Crippen LogP contribution in [0, 0.1) is 0 Å². The predicted molar refractivity (Wildman–Crippen MR) is 123 cm³/mol. The first-order valence-corrected chi connectivity index (χ1v) is 11.6. The number of fused-ring (bicyclic) bond motifs is 3. The van der Waals surface area contributed by atoms with Crippen molar-refractivity contribution in [3.8, 4) is 22.6 Å². The fourth-order valence-electron chi connectivity index (χ4n) is 4.62. The highest BCUT2D eigenvalue weighted by atomic mass is 16.5. The summed E-state index contributed by atoms with van der Waals surface area (Å²) in [5.74, 6) is 1.45. The van der Waals surface area contributed by atoms with Crippen LogP contribution in [0.2, 0.25) is 0 Å². The summed E-state index contributed by atoms with van der Waals surface area (Å²) in [6.45, 7) is 11.6. The highest BCUT2D eigenvalue weighted by Crippen LogP contribution is 2.50. The van der Waals surface area contributed by atoms with E-state index in [1.807, 2.05) is 18.3 Å². The Morgan fingerprint density at radius 2 is 2.00 bits per heavy atom. The summed E-state index contributed by atoms with van der Waals surface area (Å²) in [5, 5.41) is 0. The van der Waals surface area contributed by atoms with Crippen molar-refractivity contribution in [3.63, 3.8) is 0 Å². The van der Waals surface area contributed by atoms with E-state index in [1.165, 1.54) is 19.3 Å². The van der Waals surface area contributed by atoms with Crippen molar-refractivity contribution in [2.75, 3.05) is 19.6 Å². The fourth-order valence-corrected chi connectivity index (χ4v) is 4.62. The molecule has 3 heterocycles. The van der Waals surface area contributed by atoms with Gasteiger partial charge < -0.3 is 14.4 Å². The predicted octanol–water partition coefficient (Wildman–Crippen LogP) is 5.67. The van der Waals surface area contributed by atoms with Gasteiger partial charge in [-0.25, -0.2) is 0 Å². The Balaban J connectivity index is 1.58. The number of hydrogen-bond acceptors (Lipinski definition) is 5. The minimum absolute atomic E-state index is 0.185. The van der Waals surface area contributed by atoms with Gasteiger partial charge in [-0.3, -0.25) is 9.78 Å². The molecule has 0 aliphatic carbocycles. The van der Waals surface area contributed by atoms with E-state index in [0.29, 0.717) is 18.1 Å². The Labute approximate surface area is 185 Å². The molecule has 4 rings (SSSR count). The maximum Gasteiger partial charge on any atom is 0.311 e. The Morgan fingerprint density at radius 3 is 2.74 bits per heavy atom. The molecule has 0 unspecified atom stereocenters. The molecule has 1 aromatic heterocycles. The number of piperidine rings is 1. The van der Waals surface area contributed by atoms with Gasteiger partial charge in [0.15, 0.2) is 0 Å². The lowest BCUT2D eigenvalue weighted by molar-refractivity contribution is -0.134. The van der Waals surface area contributed by atoms with Crippen LogP contribution in [0.25, 0.3) is 11.1 Å². The maximum absolute atomic E-state index is 12.8. The molecule has 0 N–H and O–H groups in total. The number of benzene rings is 1. The Hall–Kier alpha value is -2.40. The van der Waals surface area contributed by atoms with Gasteiger partial charge in [-0.1, -0.05) is 20.3 Å². The van der Waals surface area contributed by atoms with Crippen LogP contribution >= 0.6 is 0 Å². The zero-order chi connectivity index (χ0) is 22.0. The summed E-state index contributed by atoms with van der Waals surface area (Å²) in [4.78, 5) is 19.6. The van der Waals surface area contributed by atoms with Gasteiger partial charge in [0.05, 0.1) is 5.56 Å². The second-order valence-corrected chi connectivity index (χ2v) is 9.56. The normalized spacial score (nSPS) is 17.6. The van der Waals surface area contributed by atoms with E-state index < -0.39 is 5.60 Å². The van der Waals surface area contributed by atoms with E-state index in [9.17, 15) is 4.79 Å². The summed E-state index contributed by atoms with van der Waals surface area (Å²) in [6, 6.07) is 6.05. The average molecular weight is 423 g/mol. The van der Waals surface area contributed by atoms with Crippen molar-refractivity contribution in [1.29, 1.82) is 0 Å². The van der Waals surface area contributed by atoms with Crippen LogP contribution in [-0.4, -0.2) is 35.5 Å². The molecular formula is C26H34N2O3. The first kappa shape index (κ1) is 21.8. The number of nitrogens with zero attached hydrogens (tertiary/aromatic N) is 2. The molecule has 2 aromatic rings. The Bertz CT molecular complexity index is 946. The Kier molecular flexibility index (Phi) is 6.33. The summed E-state index contributed by atoms with van der Waals surface area (Å²) >= 11 is 0. The number of hydrogen-bond donors (Lipinski definition) is 0. The zero-order valence-electron chi connectivity index (χ0n) is 19.2. The van der Waals surface area contributed by atoms with Crippen molar-refractivity contribution in [3.05, 3.63) is 41.7 Å². The van der Waals surface area contributed by atoms with Gasteiger partial charge in [-0.15, -0.1) is 0 Å². The summed E-state index contributed by atoms with van der Waals surface area (Å²) in [6.07, 6.45) is 8.73. The molecule has 5 nitrogen and oxygen atoms in total. The second kappa shape index (κ2) is 8.99. The number of carbonyl (C=O) groups excluding carboxylic acids is 1. The number of rotatable bonds is 6. The van der Waals surface area contributed by atoms with E-state index in [0.717, 1.165) is 54.1 Å². The van der Waals surface area contributed by atoms with Gasteiger partial charge in [0, 0.05) is 29.9 Å². The molecule has 0 radical (unpaired) electrons. The van der Waals surface area contributed by atoms with Crippen molar-refractivity contribution in [1.82, 2.24) is 9.88 Å². The summed E-state index contributed by atoms with van der Waals surface area (Å²) < 4.78 is 12.3. The maximum atomic E-state index is 12.8. The number of pyridine rings is 1. The number of esters is 1. The molecular weight excluding hydrogens is 388 g/mol. The van der Waals surface area contributed by atoms with Crippen LogP contribution in [0.3, 0.4) is 0 Å². The molecule has 31 heavy (non-hydrogen) atoms. The molecule has 2 aliphatic heterocycles. The van der Waals surface area contributed by atoms with Crippen LogP contribution in [0.15, 0.2) is 30.6 Å². The molecule has 1 saturated heterocycles. The first-order valence-electron chi connectivity index (χ1n) is 11.6. The first-order chi connectivity index (χ1) is 14.8. The third-order valence-electron chi connectivity index (χ3n) is 6.39. The van der Waals surface area contributed by atoms with Crippen LogP contribution in [0.4, 0.5) is 0 Å². The van der Waals surface area contributed by atoms with Gasteiger partial charge in [0.2, 0.25) is 0 Å². The van der Waals surface area contributed by atoms with Crippen molar-refractivity contribution in [2.24, 2.45) is 0 Å². The lowest BCUT2D eigenvalue weighted by Crippen LogP contribution is -2.31. The lowest BCUT2D eigenvalue weighted by atomic mass is 9.86. The number of aromatic nitrogens is 1. The van der Waals surface area contributed by atoms with Crippen LogP contribution in [-0.2, 0) is 10.4 Å². The average Bonchev–Trinajstić information content (AvgIpc) is 2.74. The number of likely N-dealkylation sites (tertiary alicyclic amines) is 1. The smallest absolute Gasteiger partial charge is 0.311 e. The number of carbonyl (C=O) groups is 1. The zero-order valence-corrected chi connectivity index (χ0v) is 19.2. The quantitative estimate of drug-likeness (QED) is 0.443. The third-order valence-corrected chi connectivity index (χ3v) is 6.39. The van der Waals surface area contributed by atoms with Crippen molar-refractivity contribution < 1.29 is 14.3 Å². The number of ether oxygens (including phenoxy) is 2. The SMILES string of the molecule is CC(C)c1cc(OC(=O)CCCN2CCCCC2)c2c(c1)OC(C)(C)c1ccncc1-2. The highest BCUT2D eigenvalue weighted by molar-refractivity contribution is 5.84. The van der Waals surface area contributed by atoms with Gasteiger partial charge >= 0.3 is 5.97 Å². The lowest BCUT2D eigenvalue weighted by Gasteiger charge is -2.35. The molecule has 5 heteroatoms. The molecule has 0 amide bonds. The highest BCUT2D eigenvalue weighted by Gasteiger charge is 2.35. The van der Waals surface area contributed by atoms with Crippen LogP contribution in [0.5, 0.6) is 11.5 Å². The summed E-state index contributed by atoms with van der Waals surface area (Å²) in [7, 11) is 0. The monoisotopic (exact) mass is 422 g/mol. The Morgan fingerprint density at radius 1 is 1.23 bits per heavy atom. The van der Waals surface area contributed by atoms with Crippen LogP contribution in [0.1, 0.15) is 76.8 Å². The molecule has 0 spiro atoms. The topological polar surface area (TPSA) is 51.7 Å². The van der Waals surface area contributed by atoms with Gasteiger partial charge in [0.25, 0.3) is 0 Å². The molecule has 0 atom stereocenters. The van der Waals surface area contributed by atoms with E-state index in [-0.39, 0.29) is 5.97 Å². The summed E-state index contributed by atoms with van der Waals surface area (Å²) in [5.41, 5.74) is 3.47. The minimum atomic E-state index is -0.476. The van der Waals surface area contributed by atoms with E-state index in [2.05, 4.69) is 43.6 Å². The largest absolute Gasteiger partial charge is 0.482 e. The molecule has 1 fully saturated rings. The molecule has 166 valence electrons. The van der Waals surface area contributed by atoms with Gasteiger partial charge in [-0.05, 0) is 82.4 Å². The van der Waals surface area contributed by atoms with Crippen LogP contribution < -0.4 is 9.47 Å². The van der Waals surface area contributed by atoms with E-state index in [1.54, 1.807) is 6.20 Å². The van der Waals surface area contributed by atoms with Crippen molar-refractivity contribution >= 4 is 5.97 Å². The fraction of sp³-hybridized carbons (Fsp3) is 0.538. The second-order valence-electron chi connectivity index (χ2n) is 9.56. The molecule has 1 aromatic carbocycles. The van der Waals surface area contributed by atoms with E-state index >= 15 is 0 Å². The molecule has 0 saturated carbocycles. The van der Waals surface area contributed by atoms with Gasteiger partial charge in [-0.2, -0.15) is 0 Å². The molecule has 2 aliphatic rings. The van der Waals surface area contributed by atoms with Gasteiger partial charge in [0.1, 0.15) is 17.1 Å². The third kappa shape index (κ3) is 4.77. The minimum Gasteiger partial charge on any atom is -0.482 e. The van der Waals surface area contributed by atoms with Crippen molar-refractivity contribution in [2.45, 2.75) is 71.3 Å². The standard InChI is InChI=1S/C26H34N2O3/c1-18(2)19-15-22(30-24(29)9-8-14-28-12-6-5-7-13-28)25-20-17-27-11-10-21(20)26(3,4)31-23(25)16-19/h10-11,15-18H,5-9,12-14H2,1-4H3.